The van der Waals surface area contributed by atoms with Crippen molar-refractivity contribution in [3.63, 3.8) is 0 Å². The van der Waals surface area contributed by atoms with Crippen molar-refractivity contribution in [1.29, 1.82) is 0 Å². The van der Waals surface area contributed by atoms with Gasteiger partial charge in [-0.1, -0.05) is 18.2 Å². The molecule has 4 rings (SSSR count). The van der Waals surface area contributed by atoms with Crippen LogP contribution in [0.5, 0.6) is 5.75 Å². The molecule has 0 fully saturated rings. The maximum absolute atomic E-state index is 12.6. The monoisotopic (exact) mass is 395 g/mol. The maximum atomic E-state index is 12.6. The number of aromatic nitrogens is 2. The summed E-state index contributed by atoms with van der Waals surface area (Å²) in [7, 11) is 0. The number of aliphatic hydroxyl groups excluding tert-OH is 1. The van der Waals surface area contributed by atoms with E-state index in [1.807, 2.05) is 45.0 Å². The molecule has 152 valence electrons. The summed E-state index contributed by atoms with van der Waals surface area (Å²) in [5.41, 5.74) is 4.22. The number of anilines is 1. The summed E-state index contributed by atoms with van der Waals surface area (Å²) in [6.07, 6.45) is 2.24. The van der Waals surface area contributed by atoms with Crippen LogP contribution in [0.2, 0.25) is 0 Å². The summed E-state index contributed by atoms with van der Waals surface area (Å²) in [4.78, 5) is 17.2. The number of para-hydroxylation sites is 1. The van der Waals surface area contributed by atoms with E-state index in [0.29, 0.717) is 29.2 Å². The predicted molar refractivity (Wildman–Crippen MR) is 109 cm³/mol. The second-order valence-electron chi connectivity index (χ2n) is 7.46. The lowest BCUT2D eigenvalue weighted by Gasteiger charge is -2.27. The van der Waals surface area contributed by atoms with Crippen molar-refractivity contribution in [3.05, 3.63) is 59.0 Å². The molecule has 1 unspecified atom stereocenters. The van der Waals surface area contributed by atoms with Gasteiger partial charge in [-0.3, -0.25) is 4.40 Å². The average molecular weight is 395 g/mol. The Bertz CT molecular complexity index is 1060. The Morgan fingerprint density at radius 1 is 1.41 bits per heavy atom. The van der Waals surface area contributed by atoms with Gasteiger partial charge in [-0.15, -0.1) is 0 Å². The van der Waals surface area contributed by atoms with Gasteiger partial charge in [0.2, 0.25) is 0 Å². The van der Waals surface area contributed by atoms with Crippen molar-refractivity contribution in [3.8, 4) is 5.75 Å². The fourth-order valence-electron chi connectivity index (χ4n) is 3.68. The normalized spacial score (nSPS) is 15.8. The first-order valence-corrected chi connectivity index (χ1v) is 9.79. The van der Waals surface area contributed by atoms with Crippen LogP contribution in [-0.4, -0.2) is 33.2 Å². The van der Waals surface area contributed by atoms with E-state index >= 15 is 0 Å². The smallest absolute Gasteiger partial charge is 0.339 e. The second kappa shape index (κ2) is 7.75. The summed E-state index contributed by atoms with van der Waals surface area (Å²) in [6.45, 7) is 5.91. The highest BCUT2D eigenvalue weighted by molar-refractivity contribution is 5.92. The number of nitrogens with one attached hydrogen (secondary N) is 1. The quantitative estimate of drug-likeness (QED) is 0.642. The molecule has 0 radical (unpaired) electrons. The zero-order chi connectivity index (χ0) is 20.5. The molecular formula is C22H25N3O4. The van der Waals surface area contributed by atoms with Crippen molar-refractivity contribution >= 4 is 17.3 Å². The van der Waals surface area contributed by atoms with Crippen LogP contribution in [-0.2, 0) is 11.3 Å². The van der Waals surface area contributed by atoms with Crippen LogP contribution in [0.25, 0.3) is 5.65 Å². The van der Waals surface area contributed by atoms with Crippen molar-refractivity contribution in [2.75, 3.05) is 11.9 Å². The Labute approximate surface area is 169 Å². The van der Waals surface area contributed by atoms with E-state index in [4.69, 9.17) is 9.47 Å². The predicted octanol–water partition coefficient (Wildman–Crippen LogP) is 3.64. The van der Waals surface area contributed by atoms with Gasteiger partial charge >= 0.3 is 5.97 Å². The number of esters is 1. The number of aryl methyl sites for hydroxylation is 1. The van der Waals surface area contributed by atoms with Crippen LogP contribution in [0, 0.1) is 6.92 Å². The van der Waals surface area contributed by atoms with Gasteiger partial charge in [0.1, 0.15) is 5.75 Å². The molecule has 7 nitrogen and oxygen atoms in total. The lowest BCUT2D eigenvalue weighted by molar-refractivity contribution is 0.0377. The molecule has 0 bridgehead atoms. The highest BCUT2D eigenvalue weighted by Gasteiger charge is 2.24. The van der Waals surface area contributed by atoms with Gasteiger partial charge in [0.15, 0.2) is 5.65 Å². The highest BCUT2D eigenvalue weighted by atomic mass is 16.5. The molecule has 3 aromatic rings. The highest BCUT2D eigenvalue weighted by Crippen LogP contribution is 2.35. The molecule has 0 spiro atoms. The summed E-state index contributed by atoms with van der Waals surface area (Å²) in [5.74, 6) is 0.450. The van der Waals surface area contributed by atoms with E-state index in [2.05, 4.69) is 10.3 Å². The van der Waals surface area contributed by atoms with Gasteiger partial charge in [0, 0.05) is 18.2 Å². The lowest BCUT2D eigenvalue weighted by atomic mass is 10.0. The minimum atomic E-state index is -0.410. The first-order valence-electron chi connectivity index (χ1n) is 9.79. The van der Waals surface area contributed by atoms with E-state index in [1.54, 1.807) is 16.7 Å². The topological polar surface area (TPSA) is 85.1 Å². The van der Waals surface area contributed by atoms with Crippen molar-refractivity contribution in [2.24, 2.45) is 0 Å². The third-order valence-corrected chi connectivity index (χ3v) is 5.04. The number of nitrogens with zero attached hydrogens (tertiary/aromatic N) is 2. The molecule has 29 heavy (non-hydrogen) atoms. The zero-order valence-corrected chi connectivity index (χ0v) is 16.8. The summed E-state index contributed by atoms with van der Waals surface area (Å²) >= 11 is 0. The van der Waals surface area contributed by atoms with E-state index in [1.165, 1.54) is 0 Å². The summed E-state index contributed by atoms with van der Waals surface area (Å²) < 4.78 is 12.9. The number of aliphatic hydroxyl groups is 1. The summed E-state index contributed by atoms with van der Waals surface area (Å²) in [5, 5.41) is 13.3. The number of hydrogen-bond donors (Lipinski definition) is 2. The lowest BCUT2D eigenvalue weighted by Crippen LogP contribution is -2.21. The number of ether oxygens (including phenoxy) is 2. The van der Waals surface area contributed by atoms with Crippen molar-refractivity contribution in [1.82, 2.24) is 9.38 Å². The molecule has 0 saturated carbocycles. The molecule has 2 aromatic heterocycles. The Morgan fingerprint density at radius 2 is 2.21 bits per heavy atom. The third kappa shape index (κ3) is 3.65. The molecule has 0 aliphatic carbocycles. The Balaban J connectivity index is 1.80. The van der Waals surface area contributed by atoms with Gasteiger partial charge in [-0.25, -0.2) is 9.78 Å². The maximum Gasteiger partial charge on any atom is 0.339 e. The van der Waals surface area contributed by atoms with E-state index in [9.17, 15) is 9.90 Å². The molecule has 7 heteroatoms. The van der Waals surface area contributed by atoms with Gasteiger partial charge in [0.05, 0.1) is 48.0 Å². The molecule has 1 aliphatic heterocycles. The first-order chi connectivity index (χ1) is 14.0. The number of carbonyl (C=O) groups is 1. The van der Waals surface area contributed by atoms with Crippen LogP contribution in [0.15, 0.2) is 36.5 Å². The Hall–Kier alpha value is -3.06. The second-order valence-corrected chi connectivity index (χ2v) is 7.46. The standard InChI is InChI=1S/C22H25N3O4/c1-13(2)29-22(27)15-10-18(21-23-14(3)19(12-26)25(21)11-15)24-17-8-9-28-20-7-5-4-6-16(17)20/h4-7,10-11,13,17,24,26H,8-9,12H2,1-3H3. The molecule has 2 N–H and O–H groups in total. The van der Waals surface area contributed by atoms with Crippen LogP contribution in [0.4, 0.5) is 5.69 Å². The minimum Gasteiger partial charge on any atom is -0.493 e. The van der Waals surface area contributed by atoms with Gasteiger partial charge < -0.3 is 19.9 Å². The zero-order valence-electron chi connectivity index (χ0n) is 16.8. The minimum absolute atomic E-state index is 0.0229. The average Bonchev–Trinajstić information content (AvgIpc) is 3.03. The fourth-order valence-corrected chi connectivity index (χ4v) is 3.68. The SMILES string of the molecule is Cc1nc2c(NC3CCOc4ccccc43)cc(C(=O)OC(C)C)cn2c1CO. The molecular weight excluding hydrogens is 370 g/mol. The number of imidazole rings is 1. The number of carbonyl (C=O) groups excluding carboxylic acids is 1. The van der Waals surface area contributed by atoms with Crippen LogP contribution in [0.1, 0.15) is 53.6 Å². The number of benzene rings is 1. The Kier molecular flexibility index (Phi) is 5.15. The molecule has 1 aliphatic rings. The van der Waals surface area contributed by atoms with E-state index < -0.39 is 5.97 Å². The molecule has 3 heterocycles. The Morgan fingerprint density at radius 3 is 2.97 bits per heavy atom. The third-order valence-electron chi connectivity index (χ3n) is 5.04. The first kappa shape index (κ1) is 19.3. The van der Waals surface area contributed by atoms with Crippen molar-refractivity contribution in [2.45, 2.75) is 45.9 Å². The molecule has 0 saturated heterocycles. The van der Waals surface area contributed by atoms with Crippen LogP contribution < -0.4 is 10.1 Å². The van der Waals surface area contributed by atoms with Gasteiger partial charge in [0.25, 0.3) is 0 Å². The molecule has 0 amide bonds. The fraction of sp³-hybridized carbons (Fsp3) is 0.364. The summed E-state index contributed by atoms with van der Waals surface area (Å²) in [6, 6.07) is 9.72. The largest absolute Gasteiger partial charge is 0.493 e. The number of hydrogen-bond acceptors (Lipinski definition) is 6. The number of pyridine rings is 1. The number of rotatable bonds is 5. The van der Waals surface area contributed by atoms with E-state index in [0.717, 1.165) is 23.4 Å². The van der Waals surface area contributed by atoms with Gasteiger partial charge in [-0.2, -0.15) is 0 Å². The van der Waals surface area contributed by atoms with Crippen molar-refractivity contribution < 1.29 is 19.4 Å². The molecule has 1 aromatic carbocycles. The molecule has 1 atom stereocenters. The van der Waals surface area contributed by atoms with E-state index in [-0.39, 0.29) is 18.8 Å². The van der Waals surface area contributed by atoms with Crippen LogP contribution in [0.3, 0.4) is 0 Å². The number of fused-ring (bicyclic) bond motifs is 2. The van der Waals surface area contributed by atoms with Crippen LogP contribution >= 0.6 is 0 Å². The van der Waals surface area contributed by atoms with Gasteiger partial charge in [-0.05, 0) is 32.9 Å².